The Hall–Kier alpha value is -0.620. The Labute approximate surface area is 94.9 Å². The van der Waals surface area contributed by atoms with E-state index in [1.54, 1.807) is 0 Å². The summed E-state index contributed by atoms with van der Waals surface area (Å²) in [5.41, 5.74) is 0.715. The maximum absolute atomic E-state index is 4.16. The Morgan fingerprint density at radius 3 is 1.33 bits per heavy atom. The molecular formula is C13H26N2. The molecule has 0 aliphatic rings. The SMILES string of the molecule is CC(C)(C)CCN=C=NCCC(C)(C)C. The van der Waals surface area contributed by atoms with Crippen LogP contribution < -0.4 is 0 Å². The standard InChI is InChI=1S/C13H26N2/c1-12(2,3)7-9-14-11-15-10-8-13(4,5)6/h7-10H2,1-6H3. The maximum atomic E-state index is 4.16. The molecule has 0 fully saturated rings. The summed E-state index contributed by atoms with van der Waals surface area (Å²) in [6, 6.07) is 2.78. The number of rotatable bonds is 4. The molecule has 0 heterocycles. The van der Waals surface area contributed by atoms with Gasteiger partial charge in [0.25, 0.3) is 0 Å². The molecule has 2 nitrogen and oxygen atoms in total. The highest BCUT2D eigenvalue weighted by Crippen LogP contribution is 2.18. The van der Waals surface area contributed by atoms with Gasteiger partial charge < -0.3 is 0 Å². The maximum Gasteiger partial charge on any atom is 0.0892 e. The first-order valence-electron chi connectivity index (χ1n) is 5.79. The van der Waals surface area contributed by atoms with E-state index in [4.69, 9.17) is 0 Å². The van der Waals surface area contributed by atoms with E-state index in [1.807, 2.05) is 0 Å². The molecule has 0 atom stereocenters. The molecule has 0 unspecified atom stereocenters. The van der Waals surface area contributed by atoms with Crippen molar-refractivity contribution in [3.8, 4) is 0 Å². The van der Waals surface area contributed by atoms with Crippen molar-refractivity contribution in [3.05, 3.63) is 0 Å². The molecule has 0 saturated carbocycles. The second-order valence-corrected chi connectivity index (χ2v) is 6.48. The molecule has 0 rings (SSSR count). The summed E-state index contributed by atoms with van der Waals surface area (Å²) in [5.74, 6) is 0. The Kier molecular flexibility index (Phi) is 5.82. The van der Waals surface area contributed by atoms with Crippen LogP contribution in [0.15, 0.2) is 9.98 Å². The van der Waals surface area contributed by atoms with Crippen LogP contribution in [-0.4, -0.2) is 19.1 Å². The van der Waals surface area contributed by atoms with Crippen LogP contribution >= 0.6 is 0 Å². The van der Waals surface area contributed by atoms with Crippen LogP contribution in [0.3, 0.4) is 0 Å². The van der Waals surface area contributed by atoms with Gasteiger partial charge in [-0.25, -0.2) is 9.98 Å². The zero-order chi connectivity index (χ0) is 11.9. The summed E-state index contributed by atoms with van der Waals surface area (Å²) >= 11 is 0. The van der Waals surface area contributed by atoms with Gasteiger partial charge in [-0.05, 0) is 23.7 Å². The molecule has 0 amide bonds. The Morgan fingerprint density at radius 2 is 1.07 bits per heavy atom. The lowest BCUT2D eigenvalue weighted by Crippen LogP contribution is -2.06. The van der Waals surface area contributed by atoms with Gasteiger partial charge in [0.1, 0.15) is 0 Å². The van der Waals surface area contributed by atoms with Gasteiger partial charge in [-0.2, -0.15) is 0 Å². The summed E-state index contributed by atoms with van der Waals surface area (Å²) < 4.78 is 0. The van der Waals surface area contributed by atoms with Crippen LogP contribution in [-0.2, 0) is 0 Å². The van der Waals surface area contributed by atoms with Crippen molar-refractivity contribution in [2.45, 2.75) is 54.4 Å². The summed E-state index contributed by atoms with van der Waals surface area (Å²) in [4.78, 5) is 8.32. The molecule has 0 N–H and O–H groups in total. The molecule has 0 bridgehead atoms. The second kappa shape index (κ2) is 6.07. The van der Waals surface area contributed by atoms with E-state index in [9.17, 15) is 0 Å². The van der Waals surface area contributed by atoms with E-state index in [0.717, 1.165) is 25.9 Å². The van der Waals surface area contributed by atoms with E-state index in [2.05, 4.69) is 57.5 Å². The largest absolute Gasteiger partial charge is 0.226 e. The van der Waals surface area contributed by atoms with Crippen LogP contribution in [0, 0.1) is 10.8 Å². The van der Waals surface area contributed by atoms with Crippen molar-refractivity contribution in [1.29, 1.82) is 0 Å². The third-order valence-corrected chi connectivity index (χ3v) is 2.09. The predicted molar refractivity (Wildman–Crippen MR) is 67.7 cm³/mol. The fourth-order valence-corrected chi connectivity index (χ4v) is 0.933. The van der Waals surface area contributed by atoms with Gasteiger partial charge in [-0.1, -0.05) is 41.5 Å². The van der Waals surface area contributed by atoms with Crippen molar-refractivity contribution in [2.24, 2.45) is 20.8 Å². The lowest BCUT2D eigenvalue weighted by atomic mass is 9.92. The molecule has 0 saturated heterocycles. The summed E-state index contributed by atoms with van der Waals surface area (Å²) in [5, 5.41) is 0. The number of hydrogen-bond acceptors (Lipinski definition) is 2. The molecule has 0 aliphatic carbocycles. The minimum atomic E-state index is 0.358. The van der Waals surface area contributed by atoms with E-state index in [-0.39, 0.29) is 0 Å². The topological polar surface area (TPSA) is 24.7 Å². The van der Waals surface area contributed by atoms with Crippen molar-refractivity contribution < 1.29 is 0 Å². The zero-order valence-electron chi connectivity index (χ0n) is 11.2. The molecule has 15 heavy (non-hydrogen) atoms. The van der Waals surface area contributed by atoms with Crippen LogP contribution in [0.1, 0.15) is 54.4 Å². The molecule has 0 aliphatic heterocycles. The van der Waals surface area contributed by atoms with Crippen LogP contribution in [0.2, 0.25) is 0 Å². The van der Waals surface area contributed by atoms with Crippen molar-refractivity contribution in [1.82, 2.24) is 0 Å². The number of hydrogen-bond donors (Lipinski definition) is 0. The monoisotopic (exact) mass is 210 g/mol. The van der Waals surface area contributed by atoms with Gasteiger partial charge in [-0.15, -0.1) is 0 Å². The van der Waals surface area contributed by atoms with Gasteiger partial charge >= 0.3 is 0 Å². The second-order valence-electron chi connectivity index (χ2n) is 6.48. The molecule has 2 heteroatoms. The van der Waals surface area contributed by atoms with Gasteiger partial charge in [0.15, 0.2) is 0 Å². The third kappa shape index (κ3) is 13.4. The highest BCUT2D eigenvalue weighted by molar-refractivity contribution is 5.40. The molecule has 88 valence electrons. The van der Waals surface area contributed by atoms with Crippen LogP contribution in [0.4, 0.5) is 0 Å². The minimum Gasteiger partial charge on any atom is -0.226 e. The first-order chi connectivity index (χ1) is 6.71. The molecule has 0 aromatic rings. The van der Waals surface area contributed by atoms with Gasteiger partial charge in [0.2, 0.25) is 0 Å². The number of nitrogens with zero attached hydrogens (tertiary/aromatic N) is 2. The molecule has 0 radical (unpaired) electrons. The molecule has 0 aromatic carbocycles. The van der Waals surface area contributed by atoms with Gasteiger partial charge in [-0.3, -0.25) is 0 Å². The first-order valence-corrected chi connectivity index (χ1v) is 5.79. The summed E-state index contributed by atoms with van der Waals surface area (Å²) in [7, 11) is 0. The van der Waals surface area contributed by atoms with E-state index < -0.39 is 0 Å². The number of aliphatic imine (C=N–C) groups is 2. The predicted octanol–water partition coefficient (Wildman–Crippen LogP) is 4.03. The normalized spacial score (nSPS) is 12.1. The lowest BCUT2D eigenvalue weighted by Gasteiger charge is -2.15. The highest BCUT2D eigenvalue weighted by Gasteiger charge is 2.08. The highest BCUT2D eigenvalue weighted by atomic mass is 14.8. The smallest absolute Gasteiger partial charge is 0.0892 e. The van der Waals surface area contributed by atoms with Crippen LogP contribution in [0.5, 0.6) is 0 Å². The first kappa shape index (κ1) is 14.4. The summed E-state index contributed by atoms with van der Waals surface area (Å²) in [6.07, 6.45) is 2.18. The fourth-order valence-electron chi connectivity index (χ4n) is 0.933. The van der Waals surface area contributed by atoms with Gasteiger partial charge in [0, 0.05) is 0 Å². The third-order valence-electron chi connectivity index (χ3n) is 2.09. The Morgan fingerprint density at radius 1 is 0.733 bits per heavy atom. The molecule has 0 spiro atoms. The Balaban J connectivity index is 3.65. The van der Waals surface area contributed by atoms with E-state index in [0.29, 0.717) is 10.8 Å². The summed E-state index contributed by atoms with van der Waals surface area (Å²) in [6.45, 7) is 15.0. The van der Waals surface area contributed by atoms with Gasteiger partial charge in [0.05, 0.1) is 19.1 Å². The minimum absolute atomic E-state index is 0.358. The molecular weight excluding hydrogens is 184 g/mol. The average molecular weight is 210 g/mol. The van der Waals surface area contributed by atoms with E-state index >= 15 is 0 Å². The Bertz CT molecular complexity index is 200. The molecule has 0 aromatic heterocycles. The zero-order valence-corrected chi connectivity index (χ0v) is 11.2. The fraction of sp³-hybridized carbons (Fsp3) is 0.923. The lowest BCUT2D eigenvalue weighted by molar-refractivity contribution is 0.384. The van der Waals surface area contributed by atoms with Crippen molar-refractivity contribution in [3.63, 3.8) is 0 Å². The van der Waals surface area contributed by atoms with Crippen molar-refractivity contribution >= 4 is 6.01 Å². The quantitative estimate of drug-likeness (QED) is 0.626. The average Bonchev–Trinajstić information content (AvgIpc) is 1.98. The van der Waals surface area contributed by atoms with Crippen molar-refractivity contribution in [2.75, 3.05) is 13.1 Å². The van der Waals surface area contributed by atoms with Crippen LogP contribution in [0.25, 0.3) is 0 Å². The van der Waals surface area contributed by atoms with E-state index in [1.165, 1.54) is 0 Å².